The molecule has 2 aliphatic rings. The largest absolute Gasteiger partial charge is 0.511 e. The second-order valence-electron chi connectivity index (χ2n) is 5.62. The highest BCUT2D eigenvalue weighted by Gasteiger charge is 2.52. The molecule has 2 heterocycles. The second kappa shape index (κ2) is 3.76. The minimum absolute atomic E-state index is 0.251. The molecule has 0 aromatic rings. The maximum Gasteiger partial charge on any atom is 0.511 e. The summed E-state index contributed by atoms with van der Waals surface area (Å²) >= 11 is 0. The van der Waals surface area contributed by atoms with Gasteiger partial charge in [0.15, 0.2) is 0 Å². The minimum Gasteiger partial charge on any atom is -0.398 e. The van der Waals surface area contributed by atoms with Gasteiger partial charge in [0.05, 0.1) is 17.9 Å². The van der Waals surface area contributed by atoms with Crippen molar-refractivity contribution in [2.24, 2.45) is 0 Å². The molecular weight excluding hydrogens is 203 g/mol. The van der Waals surface area contributed by atoms with Gasteiger partial charge >= 0.3 is 7.12 Å². The van der Waals surface area contributed by atoms with Crippen LogP contribution in [0.5, 0.6) is 0 Å². The zero-order valence-electron chi connectivity index (χ0n) is 10.8. The van der Waals surface area contributed by atoms with Crippen LogP contribution in [0.1, 0.15) is 27.7 Å². The third-order valence-electron chi connectivity index (χ3n) is 3.68. The van der Waals surface area contributed by atoms with Gasteiger partial charge in [0.2, 0.25) is 0 Å². The Balaban J connectivity index is 2.09. The molecule has 1 N–H and O–H groups in total. The average molecular weight is 224 g/mol. The van der Waals surface area contributed by atoms with Gasteiger partial charge in [0, 0.05) is 12.1 Å². The lowest BCUT2D eigenvalue weighted by Crippen LogP contribution is -2.42. The van der Waals surface area contributed by atoms with Crippen LogP contribution >= 0.6 is 0 Å². The van der Waals surface area contributed by atoms with E-state index in [9.17, 15) is 0 Å². The summed E-state index contributed by atoms with van der Waals surface area (Å²) < 4.78 is 11.9. The molecule has 0 spiro atoms. The Morgan fingerprint density at radius 2 is 1.81 bits per heavy atom. The lowest BCUT2D eigenvalue weighted by atomic mass is 9.83. The van der Waals surface area contributed by atoms with Gasteiger partial charge in [-0.3, -0.25) is 4.90 Å². The molecule has 2 aliphatic heterocycles. The molecule has 0 aromatic heterocycles. The Morgan fingerprint density at radius 3 is 2.25 bits per heavy atom. The normalized spacial score (nSPS) is 28.8. The van der Waals surface area contributed by atoms with Gasteiger partial charge in [-0.15, -0.1) is 0 Å². The topological polar surface area (TPSA) is 33.7 Å². The summed E-state index contributed by atoms with van der Waals surface area (Å²) in [5.41, 5.74) is 0.532. The SMILES string of the molecule is CN1CC=C(B2OC(C)(C)C(C)(C)O2)NC1. The second-order valence-corrected chi connectivity index (χ2v) is 5.62. The predicted molar refractivity (Wildman–Crippen MR) is 64.8 cm³/mol. The standard InChI is InChI=1S/C11H21BN2O2/c1-10(2)11(3,4)16-12(15-10)9-6-7-14(5)8-13-9/h6,13H,7-8H2,1-5H3. The average Bonchev–Trinajstić information content (AvgIpc) is 2.37. The van der Waals surface area contributed by atoms with E-state index in [-0.39, 0.29) is 18.3 Å². The van der Waals surface area contributed by atoms with E-state index < -0.39 is 0 Å². The lowest BCUT2D eigenvalue weighted by Gasteiger charge is -2.32. The first-order valence-electron chi connectivity index (χ1n) is 5.80. The van der Waals surface area contributed by atoms with Gasteiger partial charge < -0.3 is 14.6 Å². The van der Waals surface area contributed by atoms with Crippen molar-refractivity contribution < 1.29 is 9.31 Å². The summed E-state index contributed by atoms with van der Waals surface area (Å²) in [7, 11) is 1.82. The van der Waals surface area contributed by atoms with Gasteiger partial charge in [-0.25, -0.2) is 0 Å². The van der Waals surface area contributed by atoms with E-state index in [2.05, 4.69) is 51.0 Å². The molecule has 90 valence electrons. The fourth-order valence-electron chi connectivity index (χ4n) is 1.77. The van der Waals surface area contributed by atoms with Crippen LogP contribution in [0.25, 0.3) is 0 Å². The highest BCUT2D eigenvalue weighted by molar-refractivity contribution is 6.54. The Bertz CT molecular complexity index is 299. The molecule has 1 saturated heterocycles. The molecule has 1 fully saturated rings. The monoisotopic (exact) mass is 224 g/mol. The van der Waals surface area contributed by atoms with Crippen LogP contribution in [0, 0.1) is 0 Å². The van der Waals surface area contributed by atoms with Crippen molar-refractivity contribution in [1.82, 2.24) is 10.2 Å². The lowest BCUT2D eigenvalue weighted by molar-refractivity contribution is 0.00578. The molecule has 2 rings (SSSR count). The first-order chi connectivity index (χ1) is 7.32. The predicted octanol–water partition coefficient (Wildman–Crippen LogP) is 0.994. The number of hydrogen-bond donors (Lipinski definition) is 1. The van der Waals surface area contributed by atoms with Crippen LogP contribution in [0.2, 0.25) is 0 Å². The van der Waals surface area contributed by atoms with E-state index in [0.29, 0.717) is 0 Å². The smallest absolute Gasteiger partial charge is 0.398 e. The van der Waals surface area contributed by atoms with Crippen LogP contribution in [0.3, 0.4) is 0 Å². The van der Waals surface area contributed by atoms with Gasteiger partial charge in [0.1, 0.15) is 0 Å². The van der Waals surface area contributed by atoms with Gasteiger partial charge in [0.25, 0.3) is 0 Å². The van der Waals surface area contributed by atoms with Gasteiger partial charge in [-0.1, -0.05) is 6.08 Å². The third kappa shape index (κ3) is 1.99. The van der Waals surface area contributed by atoms with Crippen LogP contribution in [-0.4, -0.2) is 43.5 Å². The summed E-state index contributed by atoms with van der Waals surface area (Å²) in [6, 6.07) is 0. The highest BCUT2D eigenvalue weighted by Crippen LogP contribution is 2.38. The van der Waals surface area contributed by atoms with Crippen LogP contribution in [-0.2, 0) is 9.31 Å². The van der Waals surface area contributed by atoms with Crippen LogP contribution in [0.4, 0.5) is 0 Å². The van der Waals surface area contributed by atoms with Crippen molar-refractivity contribution in [3.63, 3.8) is 0 Å². The Labute approximate surface area is 98.1 Å². The molecule has 0 bridgehead atoms. The molecule has 16 heavy (non-hydrogen) atoms. The summed E-state index contributed by atoms with van der Waals surface area (Å²) in [5.74, 6) is 0. The fraction of sp³-hybridized carbons (Fsp3) is 0.818. The van der Waals surface area contributed by atoms with E-state index in [1.54, 1.807) is 0 Å². The van der Waals surface area contributed by atoms with Crippen molar-refractivity contribution in [3.8, 4) is 0 Å². The molecule has 5 heteroatoms. The molecule has 0 aromatic carbocycles. The van der Waals surface area contributed by atoms with Crippen LogP contribution in [0.15, 0.2) is 11.7 Å². The highest BCUT2D eigenvalue weighted by atomic mass is 16.7. The molecular formula is C11H21BN2O2. The van der Waals surface area contributed by atoms with Crippen molar-refractivity contribution in [3.05, 3.63) is 11.7 Å². The maximum atomic E-state index is 5.97. The molecule has 0 unspecified atom stereocenters. The Morgan fingerprint density at radius 1 is 1.25 bits per heavy atom. The van der Waals surface area contributed by atoms with Crippen molar-refractivity contribution in [1.29, 1.82) is 0 Å². The van der Waals surface area contributed by atoms with Crippen molar-refractivity contribution >= 4 is 7.12 Å². The van der Waals surface area contributed by atoms with E-state index in [4.69, 9.17) is 9.31 Å². The van der Waals surface area contributed by atoms with E-state index in [0.717, 1.165) is 18.8 Å². The van der Waals surface area contributed by atoms with Gasteiger partial charge in [-0.2, -0.15) is 0 Å². The van der Waals surface area contributed by atoms with Crippen molar-refractivity contribution in [2.45, 2.75) is 38.9 Å². The maximum absolute atomic E-state index is 5.97. The number of nitrogens with one attached hydrogen (secondary N) is 1. The number of nitrogens with zero attached hydrogens (tertiary/aromatic N) is 1. The van der Waals surface area contributed by atoms with Gasteiger partial charge in [-0.05, 0) is 34.7 Å². The number of likely N-dealkylation sites (N-methyl/N-ethyl adjacent to an activating group) is 1. The molecule has 0 aliphatic carbocycles. The summed E-state index contributed by atoms with van der Waals surface area (Å²) in [6.07, 6.45) is 2.13. The van der Waals surface area contributed by atoms with Crippen molar-refractivity contribution in [2.75, 3.05) is 20.3 Å². The molecule has 0 amide bonds. The van der Waals surface area contributed by atoms with E-state index in [1.165, 1.54) is 0 Å². The number of rotatable bonds is 1. The van der Waals surface area contributed by atoms with E-state index >= 15 is 0 Å². The summed E-state index contributed by atoms with van der Waals surface area (Å²) in [6.45, 7) is 10.1. The first kappa shape index (κ1) is 12.0. The zero-order valence-corrected chi connectivity index (χ0v) is 10.8. The first-order valence-corrected chi connectivity index (χ1v) is 5.80. The minimum atomic E-state index is -0.260. The Hall–Kier alpha value is -0.515. The zero-order chi connectivity index (χ0) is 12.0. The molecule has 0 radical (unpaired) electrons. The third-order valence-corrected chi connectivity index (χ3v) is 3.68. The molecule has 0 atom stereocenters. The fourth-order valence-corrected chi connectivity index (χ4v) is 1.77. The summed E-state index contributed by atoms with van der Waals surface area (Å²) in [5, 5.41) is 3.32. The number of hydrogen-bond acceptors (Lipinski definition) is 4. The molecule has 0 saturated carbocycles. The Kier molecular flexibility index (Phi) is 2.81. The summed E-state index contributed by atoms with van der Waals surface area (Å²) in [4.78, 5) is 2.19. The van der Waals surface area contributed by atoms with E-state index in [1.807, 2.05) is 0 Å². The molecule has 4 nitrogen and oxygen atoms in total. The van der Waals surface area contributed by atoms with Crippen LogP contribution < -0.4 is 5.32 Å². The quantitative estimate of drug-likeness (QED) is 0.673.